The Balaban J connectivity index is 2.11. The van der Waals surface area contributed by atoms with Gasteiger partial charge in [0.05, 0.1) is 18.4 Å². The first-order valence-corrected chi connectivity index (χ1v) is 7.63. The largest absolute Gasteiger partial charge is 0.337 e. The van der Waals surface area contributed by atoms with Crippen LogP contribution in [0.5, 0.6) is 0 Å². The first-order valence-electron chi connectivity index (χ1n) is 6.51. The lowest BCUT2D eigenvalue weighted by Gasteiger charge is -2.20. The highest BCUT2D eigenvalue weighted by Gasteiger charge is 2.13. The number of hydrogen-bond acceptors (Lipinski definition) is 2. The number of pyridine rings is 1. The minimum absolute atomic E-state index is 0.202. The van der Waals surface area contributed by atoms with Crippen molar-refractivity contribution in [1.82, 2.24) is 14.3 Å². The third-order valence-corrected chi connectivity index (χ3v) is 3.67. The summed E-state index contributed by atoms with van der Waals surface area (Å²) in [4.78, 5) is 18.3. The van der Waals surface area contributed by atoms with Gasteiger partial charge in [0.1, 0.15) is 5.65 Å². The van der Waals surface area contributed by atoms with E-state index in [-0.39, 0.29) is 5.91 Å². The van der Waals surface area contributed by atoms with Crippen LogP contribution in [0.15, 0.2) is 30.6 Å². The first kappa shape index (κ1) is 14.1. The maximum atomic E-state index is 12.1. The smallest absolute Gasteiger partial charge is 0.222 e. The normalized spacial score (nSPS) is 10.8. The van der Waals surface area contributed by atoms with E-state index in [1.54, 1.807) is 0 Å². The minimum Gasteiger partial charge on any atom is -0.337 e. The number of aromatic nitrogens is 2. The molecule has 0 bridgehead atoms. The van der Waals surface area contributed by atoms with Gasteiger partial charge in [-0.25, -0.2) is 4.98 Å². The highest BCUT2D eigenvalue weighted by molar-refractivity contribution is 9.09. The predicted octanol–water partition coefficient (Wildman–Crippen LogP) is 2.86. The lowest BCUT2D eigenvalue weighted by atomic mass is 10.3. The second-order valence-corrected chi connectivity index (χ2v) is 5.17. The Bertz CT molecular complexity index is 552. The Kier molecular flexibility index (Phi) is 4.96. The van der Waals surface area contributed by atoms with Gasteiger partial charge >= 0.3 is 0 Å². The summed E-state index contributed by atoms with van der Waals surface area (Å²) >= 11 is 3.36. The van der Waals surface area contributed by atoms with E-state index in [9.17, 15) is 4.79 Å². The number of amides is 1. The van der Waals surface area contributed by atoms with Gasteiger partial charge in [0.25, 0.3) is 0 Å². The molecule has 102 valence electrons. The van der Waals surface area contributed by atoms with Crippen molar-refractivity contribution in [2.75, 3.05) is 11.9 Å². The Morgan fingerprint density at radius 2 is 2.32 bits per heavy atom. The van der Waals surface area contributed by atoms with Crippen molar-refractivity contribution in [3.8, 4) is 0 Å². The summed E-state index contributed by atoms with van der Waals surface area (Å²) in [6.45, 7) is 3.35. The fourth-order valence-electron chi connectivity index (χ4n) is 2.05. The summed E-state index contributed by atoms with van der Waals surface area (Å²) in [6.07, 6.45) is 5.29. The number of nitrogens with zero attached hydrogens (tertiary/aromatic N) is 3. The molecule has 1 amide bonds. The van der Waals surface area contributed by atoms with Crippen LogP contribution in [0.3, 0.4) is 0 Å². The zero-order valence-corrected chi connectivity index (χ0v) is 12.6. The number of alkyl halides is 1. The van der Waals surface area contributed by atoms with Crippen molar-refractivity contribution < 1.29 is 4.79 Å². The number of fused-ring (bicyclic) bond motifs is 1. The van der Waals surface area contributed by atoms with Crippen molar-refractivity contribution in [3.05, 3.63) is 36.3 Å². The maximum absolute atomic E-state index is 12.1. The van der Waals surface area contributed by atoms with E-state index in [0.717, 1.165) is 29.6 Å². The summed E-state index contributed by atoms with van der Waals surface area (Å²) in [5.41, 5.74) is 1.96. The zero-order valence-electron chi connectivity index (χ0n) is 11.1. The van der Waals surface area contributed by atoms with Gasteiger partial charge < -0.3 is 9.30 Å². The number of halogens is 1. The average molecular weight is 324 g/mol. The van der Waals surface area contributed by atoms with Gasteiger partial charge in [-0.15, -0.1) is 0 Å². The Hall–Kier alpha value is -1.36. The van der Waals surface area contributed by atoms with Gasteiger partial charge in [0.15, 0.2) is 0 Å². The molecule has 0 aromatic carbocycles. The fraction of sp³-hybridized carbons (Fsp3) is 0.429. The molecule has 0 radical (unpaired) electrons. The molecular formula is C14H18BrN3O. The Morgan fingerprint density at radius 1 is 1.47 bits per heavy atom. The van der Waals surface area contributed by atoms with Gasteiger partial charge in [-0.1, -0.05) is 22.0 Å². The fourth-order valence-corrected chi connectivity index (χ4v) is 2.33. The van der Waals surface area contributed by atoms with E-state index in [2.05, 4.69) is 20.9 Å². The van der Waals surface area contributed by atoms with Crippen LogP contribution in [0.4, 0.5) is 0 Å². The van der Waals surface area contributed by atoms with Crippen LogP contribution in [0.25, 0.3) is 5.65 Å². The Labute approximate surface area is 121 Å². The van der Waals surface area contributed by atoms with E-state index in [1.165, 1.54) is 0 Å². The van der Waals surface area contributed by atoms with Crippen molar-refractivity contribution >= 4 is 27.5 Å². The lowest BCUT2D eigenvalue weighted by molar-refractivity contribution is -0.131. The van der Waals surface area contributed by atoms with Crippen LogP contribution in [-0.4, -0.2) is 32.1 Å². The first-order chi connectivity index (χ1) is 9.26. The number of carbonyl (C=O) groups is 1. The summed E-state index contributed by atoms with van der Waals surface area (Å²) in [7, 11) is 0. The van der Waals surface area contributed by atoms with Crippen LogP contribution < -0.4 is 0 Å². The third kappa shape index (κ3) is 3.35. The SMILES string of the molecule is CCN(Cc1cnc2ccccn12)C(=O)CCCBr. The molecule has 2 aromatic rings. The quantitative estimate of drug-likeness (QED) is 0.766. The van der Waals surface area contributed by atoms with Crippen LogP contribution in [0.1, 0.15) is 25.5 Å². The average Bonchev–Trinajstić information content (AvgIpc) is 2.85. The third-order valence-electron chi connectivity index (χ3n) is 3.11. The van der Waals surface area contributed by atoms with E-state index in [4.69, 9.17) is 0 Å². The molecule has 0 aliphatic heterocycles. The van der Waals surface area contributed by atoms with Crippen molar-refractivity contribution in [3.63, 3.8) is 0 Å². The molecule has 2 aromatic heterocycles. The zero-order chi connectivity index (χ0) is 13.7. The van der Waals surface area contributed by atoms with Crippen LogP contribution in [0.2, 0.25) is 0 Å². The van der Waals surface area contributed by atoms with Crippen molar-refractivity contribution in [2.24, 2.45) is 0 Å². The van der Waals surface area contributed by atoms with E-state index < -0.39 is 0 Å². The second kappa shape index (κ2) is 6.70. The molecule has 0 fully saturated rings. The van der Waals surface area contributed by atoms with Crippen LogP contribution >= 0.6 is 15.9 Å². The molecule has 0 spiro atoms. The minimum atomic E-state index is 0.202. The molecule has 4 nitrogen and oxygen atoms in total. The van der Waals surface area contributed by atoms with E-state index >= 15 is 0 Å². The van der Waals surface area contributed by atoms with Gasteiger partial charge in [0.2, 0.25) is 5.91 Å². The molecule has 0 N–H and O–H groups in total. The Morgan fingerprint density at radius 3 is 3.05 bits per heavy atom. The van der Waals surface area contributed by atoms with Crippen LogP contribution in [0, 0.1) is 0 Å². The summed E-state index contributed by atoms with van der Waals surface area (Å²) in [6, 6.07) is 5.90. The van der Waals surface area contributed by atoms with Crippen molar-refractivity contribution in [1.29, 1.82) is 0 Å². The van der Waals surface area contributed by atoms with Crippen molar-refractivity contribution in [2.45, 2.75) is 26.3 Å². The number of hydrogen-bond donors (Lipinski definition) is 0. The molecule has 2 heterocycles. The predicted molar refractivity (Wildman–Crippen MR) is 79.3 cm³/mol. The van der Waals surface area contributed by atoms with Gasteiger partial charge in [-0.05, 0) is 25.5 Å². The number of rotatable bonds is 6. The monoisotopic (exact) mass is 323 g/mol. The number of imidazole rings is 1. The van der Waals surface area contributed by atoms with Crippen LogP contribution in [-0.2, 0) is 11.3 Å². The molecule has 0 aliphatic carbocycles. The molecular weight excluding hydrogens is 306 g/mol. The molecule has 0 atom stereocenters. The van der Waals surface area contributed by atoms with Gasteiger partial charge in [-0.2, -0.15) is 0 Å². The molecule has 0 unspecified atom stereocenters. The maximum Gasteiger partial charge on any atom is 0.222 e. The summed E-state index contributed by atoms with van der Waals surface area (Å²) in [5.74, 6) is 0.202. The molecule has 0 saturated carbocycles. The second-order valence-electron chi connectivity index (χ2n) is 4.38. The summed E-state index contributed by atoms with van der Waals surface area (Å²) < 4.78 is 2.03. The molecule has 5 heteroatoms. The molecule has 0 aliphatic rings. The highest BCUT2D eigenvalue weighted by Crippen LogP contribution is 2.10. The lowest BCUT2D eigenvalue weighted by Crippen LogP contribution is -2.30. The van der Waals surface area contributed by atoms with Gasteiger partial charge in [0, 0.05) is 24.5 Å². The standard InChI is InChI=1S/C14H18BrN3O/c1-2-17(14(19)7-5-8-15)11-12-10-16-13-6-3-4-9-18(12)13/h3-4,6,9-10H,2,5,7-8,11H2,1H3. The number of carbonyl (C=O) groups excluding carboxylic acids is 1. The molecule has 2 rings (SSSR count). The van der Waals surface area contributed by atoms with E-state index in [0.29, 0.717) is 13.0 Å². The summed E-state index contributed by atoms with van der Waals surface area (Å²) in [5, 5.41) is 0.867. The highest BCUT2D eigenvalue weighted by atomic mass is 79.9. The topological polar surface area (TPSA) is 37.6 Å². The van der Waals surface area contributed by atoms with E-state index in [1.807, 2.05) is 46.8 Å². The molecule has 0 saturated heterocycles. The van der Waals surface area contributed by atoms with Gasteiger partial charge in [-0.3, -0.25) is 4.79 Å². The molecule has 19 heavy (non-hydrogen) atoms.